The minimum atomic E-state index is -4.53. The van der Waals surface area contributed by atoms with Gasteiger partial charge in [0.25, 0.3) is 5.91 Å². The summed E-state index contributed by atoms with van der Waals surface area (Å²) in [6.45, 7) is 0.786. The maximum atomic E-state index is 13.1. The average molecular weight is 460 g/mol. The highest BCUT2D eigenvalue weighted by atomic mass is 19.4. The second-order valence-electron chi connectivity index (χ2n) is 8.81. The van der Waals surface area contributed by atoms with E-state index in [0.29, 0.717) is 24.8 Å². The predicted molar refractivity (Wildman–Crippen MR) is 111 cm³/mol. The highest BCUT2D eigenvalue weighted by Gasteiger charge is 2.41. The number of halogens is 3. The fraction of sp³-hybridized carbons (Fsp3) is 0.478. The molecule has 33 heavy (non-hydrogen) atoms. The fourth-order valence-electron chi connectivity index (χ4n) is 4.50. The third-order valence-electron chi connectivity index (χ3n) is 6.38. The second kappa shape index (κ2) is 8.31. The Morgan fingerprint density at radius 2 is 1.94 bits per heavy atom. The summed E-state index contributed by atoms with van der Waals surface area (Å²) in [7, 11) is 0. The zero-order chi connectivity index (χ0) is 23.2. The summed E-state index contributed by atoms with van der Waals surface area (Å²) in [5.41, 5.74) is 0.0492. The number of aromatic nitrogens is 2. The van der Waals surface area contributed by atoms with Gasteiger partial charge < -0.3 is 14.5 Å². The topological polar surface area (TPSA) is 75.6 Å². The Hall–Kier alpha value is -3.17. The van der Waals surface area contributed by atoms with Gasteiger partial charge in [0.1, 0.15) is 6.10 Å². The molecule has 2 atom stereocenters. The molecule has 1 aromatic heterocycles. The summed E-state index contributed by atoms with van der Waals surface area (Å²) in [6.07, 6.45) is 1.39. The maximum absolute atomic E-state index is 13.1. The number of fused-ring (bicyclic) bond motifs is 1. The molecule has 1 aromatic carbocycles. The first-order valence-corrected chi connectivity index (χ1v) is 11.0. The van der Waals surface area contributed by atoms with Gasteiger partial charge in [0.15, 0.2) is 0 Å². The number of rotatable bonds is 4. The number of alkyl halides is 3. The van der Waals surface area contributed by atoms with E-state index in [4.69, 9.17) is 4.74 Å². The Labute approximate surface area is 188 Å². The number of benzene rings is 1. The van der Waals surface area contributed by atoms with Crippen LogP contribution in [-0.2, 0) is 11.0 Å². The second-order valence-corrected chi connectivity index (χ2v) is 8.81. The Morgan fingerprint density at radius 3 is 2.64 bits per heavy atom. The Kier molecular flexibility index (Phi) is 5.46. The van der Waals surface area contributed by atoms with Crippen LogP contribution in [0.2, 0.25) is 0 Å². The molecule has 2 unspecified atom stereocenters. The molecule has 1 aliphatic carbocycles. The molecule has 1 saturated carbocycles. The van der Waals surface area contributed by atoms with E-state index in [9.17, 15) is 22.8 Å². The summed E-state index contributed by atoms with van der Waals surface area (Å²) in [5.74, 6) is 0.280. The molecular formula is C23H23F3N4O3. The molecule has 0 spiro atoms. The van der Waals surface area contributed by atoms with Crippen molar-refractivity contribution in [1.82, 2.24) is 19.8 Å². The molecule has 0 bridgehead atoms. The van der Waals surface area contributed by atoms with Crippen LogP contribution in [0.3, 0.4) is 0 Å². The first-order valence-electron chi connectivity index (χ1n) is 11.0. The number of ether oxygens (including phenoxy) is 1. The lowest BCUT2D eigenvalue weighted by Crippen LogP contribution is -2.40. The van der Waals surface area contributed by atoms with Crippen molar-refractivity contribution in [2.24, 2.45) is 0 Å². The van der Waals surface area contributed by atoms with E-state index >= 15 is 0 Å². The Bertz CT molecular complexity index is 1060. The lowest BCUT2D eigenvalue weighted by atomic mass is 10.1. The minimum Gasteiger partial charge on any atom is -0.471 e. The molecule has 2 aromatic rings. The Balaban J connectivity index is 1.26. The molecule has 3 heterocycles. The van der Waals surface area contributed by atoms with Crippen LogP contribution in [0.4, 0.5) is 13.2 Å². The van der Waals surface area contributed by atoms with Gasteiger partial charge in [0.2, 0.25) is 11.8 Å². The third-order valence-corrected chi connectivity index (χ3v) is 6.38. The zero-order valence-corrected chi connectivity index (χ0v) is 17.8. The largest absolute Gasteiger partial charge is 0.471 e. The molecule has 7 nitrogen and oxygen atoms in total. The van der Waals surface area contributed by atoms with Crippen LogP contribution < -0.4 is 4.74 Å². The highest BCUT2D eigenvalue weighted by molar-refractivity contribution is 5.95. The van der Waals surface area contributed by atoms with Crippen molar-refractivity contribution in [2.45, 2.75) is 49.9 Å². The zero-order valence-electron chi connectivity index (χ0n) is 17.8. The summed E-state index contributed by atoms with van der Waals surface area (Å²) < 4.78 is 45.1. The van der Waals surface area contributed by atoms with Gasteiger partial charge in [-0.15, -0.1) is 0 Å². The van der Waals surface area contributed by atoms with E-state index in [2.05, 4.69) is 9.97 Å². The smallest absolute Gasteiger partial charge is 0.416 e. The number of nitrogens with zero attached hydrogens (tertiary/aromatic N) is 4. The van der Waals surface area contributed by atoms with Crippen molar-refractivity contribution in [3.05, 3.63) is 53.5 Å². The molecule has 0 N–H and O–H groups in total. The fourth-order valence-corrected chi connectivity index (χ4v) is 4.50. The van der Waals surface area contributed by atoms with Gasteiger partial charge in [-0.3, -0.25) is 14.6 Å². The van der Waals surface area contributed by atoms with Gasteiger partial charge in [-0.2, -0.15) is 13.2 Å². The molecule has 10 heteroatoms. The van der Waals surface area contributed by atoms with Gasteiger partial charge >= 0.3 is 6.18 Å². The van der Waals surface area contributed by atoms with Gasteiger partial charge in [0, 0.05) is 37.4 Å². The van der Waals surface area contributed by atoms with Crippen LogP contribution in [0.1, 0.15) is 53.2 Å². The van der Waals surface area contributed by atoms with Crippen molar-refractivity contribution in [3.8, 4) is 5.88 Å². The maximum Gasteiger partial charge on any atom is 0.416 e. The molecule has 2 saturated heterocycles. The first-order chi connectivity index (χ1) is 15.8. The lowest BCUT2D eigenvalue weighted by Gasteiger charge is -2.25. The molecule has 3 fully saturated rings. The molecule has 5 rings (SSSR count). The van der Waals surface area contributed by atoms with E-state index in [1.165, 1.54) is 17.0 Å². The normalized spacial score (nSPS) is 23.3. The first kappa shape index (κ1) is 21.7. The molecule has 2 aliphatic heterocycles. The lowest BCUT2D eigenvalue weighted by molar-refractivity contribution is -0.137. The van der Waals surface area contributed by atoms with Crippen molar-refractivity contribution in [3.63, 3.8) is 0 Å². The number of amides is 2. The highest BCUT2D eigenvalue weighted by Crippen LogP contribution is 2.38. The van der Waals surface area contributed by atoms with E-state index in [1.807, 2.05) is 0 Å². The quantitative estimate of drug-likeness (QED) is 0.700. The van der Waals surface area contributed by atoms with Crippen LogP contribution in [0.25, 0.3) is 0 Å². The van der Waals surface area contributed by atoms with Crippen molar-refractivity contribution < 1.29 is 27.5 Å². The van der Waals surface area contributed by atoms with E-state index in [-0.39, 0.29) is 43.1 Å². The van der Waals surface area contributed by atoms with Gasteiger partial charge in [0.05, 0.1) is 36.2 Å². The van der Waals surface area contributed by atoms with Crippen LogP contribution >= 0.6 is 0 Å². The number of hydrogen-bond acceptors (Lipinski definition) is 5. The van der Waals surface area contributed by atoms with E-state index < -0.39 is 17.6 Å². The number of carbonyl (C=O) groups is 2. The average Bonchev–Trinajstić information content (AvgIpc) is 3.59. The standard InChI is InChI=1S/C23H23F3N4O3/c24-23(25,26)16-3-1-2-15(8-16)22(32)29-7-6-21(31)30-13-18(9-17(30)12-29)33-20-11-27-19(10-28-20)14-4-5-14/h1-3,8,10-11,14,17-18H,4-7,9,12-13H2. The molecule has 174 valence electrons. The van der Waals surface area contributed by atoms with Gasteiger partial charge in [-0.05, 0) is 31.0 Å². The van der Waals surface area contributed by atoms with E-state index in [0.717, 1.165) is 30.7 Å². The number of carbonyl (C=O) groups excluding carboxylic acids is 2. The third kappa shape index (κ3) is 4.65. The summed E-state index contributed by atoms with van der Waals surface area (Å²) in [6, 6.07) is 4.12. The predicted octanol–water partition coefficient (Wildman–Crippen LogP) is 3.27. The summed E-state index contributed by atoms with van der Waals surface area (Å²) in [5, 5.41) is 0. The van der Waals surface area contributed by atoms with Gasteiger partial charge in [-0.25, -0.2) is 4.98 Å². The minimum absolute atomic E-state index is 0.0393. The van der Waals surface area contributed by atoms with Crippen molar-refractivity contribution >= 4 is 11.8 Å². The SMILES string of the molecule is O=C(c1cccc(C(F)(F)F)c1)N1CCC(=O)N2CC(Oc3cnc(C4CC4)cn3)CC2C1. The Morgan fingerprint density at radius 1 is 1.12 bits per heavy atom. The van der Waals surface area contributed by atoms with Crippen LogP contribution in [0, 0.1) is 0 Å². The molecule has 0 radical (unpaired) electrons. The van der Waals surface area contributed by atoms with Gasteiger partial charge in [-0.1, -0.05) is 6.07 Å². The molecular weight excluding hydrogens is 437 g/mol. The summed E-state index contributed by atoms with van der Waals surface area (Å²) >= 11 is 0. The van der Waals surface area contributed by atoms with Crippen LogP contribution in [0.5, 0.6) is 5.88 Å². The molecule has 3 aliphatic rings. The van der Waals surface area contributed by atoms with Crippen molar-refractivity contribution in [1.29, 1.82) is 0 Å². The molecule has 2 amide bonds. The number of hydrogen-bond donors (Lipinski definition) is 0. The van der Waals surface area contributed by atoms with Crippen LogP contribution in [-0.4, -0.2) is 63.4 Å². The van der Waals surface area contributed by atoms with Crippen molar-refractivity contribution in [2.75, 3.05) is 19.6 Å². The summed E-state index contributed by atoms with van der Waals surface area (Å²) in [4.78, 5) is 37.5. The van der Waals surface area contributed by atoms with Crippen LogP contribution in [0.15, 0.2) is 36.7 Å². The van der Waals surface area contributed by atoms with E-state index in [1.54, 1.807) is 17.3 Å². The monoisotopic (exact) mass is 460 g/mol.